The van der Waals surface area contributed by atoms with Crippen molar-refractivity contribution in [1.29, 1.82) is 0 Å². The average molecular weight is 384 g/mol. The number of hydrogen-bond donors (Lipinski definition) is 0. The second kappa shape index (κ2) is 6.66. The topological polar surface area (TPSA) is 51.5 Å². The third kappa shape index (κ3) is 2.84. The van der Waals surface area contributed by atoms with Crippen LogP contribution in [0.3, 0.4) is 0 Å². The van der Waals surface area contributed by atoms with Crippen LogP contribution in [0.2, 0.25) is 0 Å². The van der Waals surface area contributed by atoms with Gasteiger partial charge in [0.25, 0.3) is 0 Å². The number of aromatic nitrogens is 1. The van der Waals surface area contributed by atoms with Crippen LogP contribution in [0.5, 0.6) is 5.75 Å². The summed E-state index contributed by atoms with van der Waals surface area (Å²) in [7, 11) is 3.23. The minimum Gasteiger partial charge on any atom is -0.496 e. The van der Waals surface area contributed by atoms with E-state index in [0.29, 0.717) is 17.3 Å². The van der Waals surface area contributed by atoms with Gasteiger partial charge in [0.1, 0.15) is 17.4 Å². The first kappa shape index (κ1) is 17.5. The van der Waals surface area contributed by atoms with Gasteiger partial charge < -0.3 is 4.74 Å². The van der Waals surface area contributed by atoms with Crippen molar-refractivity contribution in [3.8, 4) is 5.75 Å². The molecule has 0 bridgehead atoms. The van der Waals surface area contributed by atoms with Gasteiger partial charge in [-0.15, -0.1) is 0 Å². The van der Waals surface area contributed by atoms with Crippen LogP contribution >= 0.6 is 11.3 Å². The molecule has 0 N–H and O–H groups in total. The third-order valence-electron chi connectivity index (χ3n) is 4.76. The molecule has 27 heavy (non-hydrogen) atoms. The second-order valence-electron chi connectivity index (χ2n) is 6.32. The highest BCUT2D eigenvalue weighted by atomic mass is 32.1. The van der Waals surface area contributed by atoms with E-state index in [4.69, 9.17) is 4.74 Å². The van der Waals surface area contributed by atoms with E-state index in [1.54, 1.807) is 26.3 Å². The molecule has 5 nitrogen and oxygen atoms in total. The molecule has 4 rings (SSSR count). The molecule has 1 atom stereocenters. The summed E-state index contributed by atoms with van der Waals surface area (Å²) in [6.07, 6.45) is 0.199. The lowest BCUT2D eigenvalue weighted by Crippen LogP contribution is -2.34. The summed E-state index contributed by atoms with van der Waals surface area (Å²) in [5.41, 5.74) is 1.41. The molecule has 0 unspecified atom stereocenters. The molecule has 2 aromatic carbocycles. The third-order valence-corrected chi connectivity index (χ3v) is 5.90. The fraction of sp³-hybridized carbons (Fsp3) is 0.200. The van der Waals surface area contributed by atoms with E-state index < -0.39 is 0 Å². The van der Waals surface area contributed by atoms with Crippen molar-refractivity contribution in [3.63, 3.8) is 0 Å². The molecule has 138 valence electrons. The molecule has 7 heteroatoms. The lowest BCUT2D eigenvalue weighted by molar-refractivity contribution is -0.118. The van der Waals surface area contributed by atoms with E-state index in [1.807, 2.05) is 24.3 Å². The van der Waals surface area contributed by atoms with Crippen LogP contribution in [0.1, 0.15) is 22.8 Å². The number of amides is 1. The Hall–Kier alpha value is -2.93. The Morgan fingerprint density at radius 1 is 1.11 bits per heavy atom. The van der Waals surface area contributed by atoms with E-state index >= 15 is 0 Å². The van der Waals surface area contributed by atoms with Crippen LogP contribution in [0.4, 0.5) is 15.9 Å². The highest BCUT2D eigenvalue weighted by Crippen LogP contribution is 2.46. The molecule has 0 radical (unpaired) electrons. The number of nitrogens with zero attached hydrogens (tertiary/aromatic N) is 2. The molecule has 2 heterocycles. The van der Waals surface area contributed by atoms with Crippen molar-refractivity contribution in [3.05, 3.63) is 74.5 Å². The van der Waals surface area contributed by atoms with Gasteiger partial charge in [0.2, 0.25) is 5.91 Å². The number of methoxy groups -OCH3 is 1. The Morgan fingerprint density at radius 2 is 1.81 bits per heavy atom. The van der Waals surface area contributed by atoms with Crippen molar-refractivity contribution < 1.29 is 13.9 Å². The molecule has 0 saturated carbocycles. The molecule has 0 spiro atoms. The van der Waals surface area contributed by atoms with Crippen molar-refractivity contribution >= 4 is 28.7 Å². The van der Waals surface area contributed by atoms with Gasteiger partial charge in [-0.25, -0.2) is 4.39 Å². The summed E-state index contributed by atoms with van der Waals surface area (Å²) in [5.74, 6) is 0.413. The standard InChI is InChI=1S/C20H17FN2O3S/c1-22-19-18(27-20(22)25)15(14-5-3-4-6-16(14)26-2)11-17(24)23(19)13-9-7-12(21)8-10-13/h3-10,15H,11H2,1-2H3/t15-/m0/s1. The Bertz CT molecular complexity index is 1070. The van der Waals surface area contributed by atoms with E-state index in [1.165, 1.54) is 21.6 Å². The summed E-state index contributed by atoms with van der Waals surface area (Å²) in [5, 5.41) is 0. The lowest BCUT2D eigenvalue weighted by Gasteiger charge is -2.32. The fourth-order valence-electron chi connectivity index (χ4n) is 3.49. The Labute approximate surface area is 159 Å². The predicted molar refractivity (Wildman–Crippen MR) is 103 cm³/mol. The van der Waals surface area contributed by atoms with Crippen molar-refractivity contribution in [2.45, 2.75) is 12.3 Å². The van der Waals surface area contributed by atoms with E-state index in [-0.39, 0.29) is 28.9 Å². The maximum Gasteiger partial charge on any atom is 0.308 e. The number of hydrogen-bond acceptors (Lipinski definition) is 4. The summed E-state index contributed by atoms with van der Waals surface area (Å²) in [6.45, 7) is 0. The maximum atomic E-state index is 13.3. The minimum atomic E-state index is -0.380. The van der Waals surface area contributed by atoms with Crippen LogP contribution in [-0.2, 0) is 11.8 Å². The molecule has 0 saturated heterocycles. The summed E-state index contributed by atoms with van der Waals surface area (Å²) in [4.78, 5) is 27.6. The van der Waals surface area contributed by atoms with Gasteiger partial charge in [-0.2, -0.15) is 0 Å². The molecule has 0 fully saturated rings. The Balaban J connectivity index is 1.91. The van der Waals surface area contributed by atoms with E-state index in [2.05, 4.69) is 0 Å². The number of thiazole rings is 1. The van der Waals surface area contributed by atoms with Crippen LogP contribution < -0.4 is 14.5 Å². The monoisotopic (exact) mass is 384 g/mol. The summed E-state index contributed by atoms with van der Waals surface area (Å²) >= 11 is 1.13. The van der Waals surface area contributed by atoms with Gasteiger partial charge in [0.05, 0.1) is 17.7 Å². The number of ether oxygens (including phenoxy) is 1. The van der Waals surface area contributed by atoms with Crippen LogP contribution in [0, 0.1) is 5.82 Å². The van der Waals surface area contributed by atoms with Gasteiger partial charge in [-0.1, -0.05) is 29.5 Å². The SMILES string of the molecule is COc1ccccc1[C@@H]1CC(=O)N(c2ccc(F)cc2)c2c1sc(=O)n2C. The molecule has 1 aliphatic heterocycles. The number of para-hydroxylation sites is 1. The predicted octanol–water partition coefficient (Wildman–Crippen LogP) is 3.79. The first-order valence-corrected chi connectivity index (χ1v) is 9.24. The number of anilines is 2. The molecule has 0 aliphatic carbocycles. The largest absolute Gasteiger partial charge is 0.496 e. The normalized spacial score (nSPS) is 16.3. The fourth-order valence-corrected chi connectivity index (χ4v) is 4.57. The number of halogens is 1. The lowest BCUT2D eigenvalue weighted by atomic mass is 9.89. The molecular formula is C20H17FN2O3S. The maximum absolute atomic E-state index is 13.3. The molecular weight excluding hydrogens is 367 g/mol. The number of carbonyl (C=O) groups excluding carboxylic acids is 1. The first-order valence-electron chi connectivity index (χ1n) is 8.42. The van der Waals surface area contributed by atoms with Crippen LogP contribution in [-0.4, -0.2) is 17.6 Å². The smallest absolute Gasteiger partial charge is 0.308 e. The van der Waals surface area contributed by atoms with Crippen molar-refractivity contribution in [1.82, 2.24) is 4.57 Å². The zero-order valence-electron chi connectivity index (χ0n) is 14.8. The van der Waals surface area contributed by atoms with Gasteiger partial charge in [0, 0.05) is 24.9 Å². The van der Waals surface area contributed by atoms with E-state index in [0.717, 1.165) is 21.8 Å². The van der Waals surface area contributed by atoms with Gasteiger partial charge in [0.15, 0.2) is 0 Å². The highest BCUT2D eigenvalue weighted by Gasteiger charge is 2.38. The first-order chi connectivity index (χ1) is 13.0. The summed E-state index contributed by atoms with van der Waals surface area (Å²) < 4.78 is 20.3. The van der Waals surface area contributed by atoms with Gasteiger partial charge in [-0.3, -0.25) is 19.1 Å². The van der Waals surface area contributed by atoms with Crippen molar-refractivity contribution in [2.24, 2.45) is 7.05 Å². The second-order valence-corrected chi connectivity index (χ2v) is 7.31. The summed E-state index contributed by atoms with van der Waals surface area (Å²) in [6, 6.07) is 13.2. The number of carbonyl (C=O) groups is 1. The van der Waals surface area contributed by atoms with E-state index in [9.17, 15) is 14.0 Å². The van der Waals surface area contributed by atoms with Gasteiger partial charge >= 0.3 is 4.87 Å². The highest BCUT2D eigenvalue weighted by molar-refractivity contribution is 7.10. The minimum absolute atomic E-state index is 0.151. The van der Waals surface area contributed by atoms with Crippen LogP contribution in [0.15, 0.2) is 53.3 Å². The number of fused-ring (bicyclic) bond motifs is 1. The molecule has 1 amide bonds. The Kier molecular flexibility index (Phi) is 4.31. The molecule has 1 aliphatic rings. The Morgan fingerprint density at radius 3 is 2.52 bits per heavy atom. The zero-order chi connectivity index (χ0) is 19.1. The van der Waals surface area contributed by atoms with Crippen molar-refractivity contribution in [2.75, 3.05) is 12.0 Å². The number of benzene rings is 2. The van der Waals surface area contributed by atoms with Gasteiger partial charge in [-0.05, 0) is 30.3 Å². The van der Waals surface area contributed by atoms with Crippen LogP contribution in [0.25, 0.3) is 0 Å². The average Bonchev–Trinajstić information content (AvgIpc) is 2.97. The quantitative estimate of drug-likeness (QED) is 0.690. The molecule has 3 aromatic rings. The zero-order valence-corrected chi connectivity index (χ0v) is 15.6. The molecule has 1 aromatic heterocycles. The number of rotatable bonds is 3.